The van der Waals surface area contributed by atoms with Crippen molar-refractivity contribution in [2.45, 2.75) is 6.42 Å². The van der Waals surface area contributed by atoms with Crippen LogP contribution in [-0.2, 0) is 4.79 Å². The van der Waals surface area contributed by atoms with Gasteiger partial charge in [0.2, 0.25) is 0 Å². The summed E-state index contributed by atoms with van der Waals surface area (Å²) in [7, 11) is 0. The van der Waals surface area contributed by atoms with E-state index in [2.05, 4.69) is 6.58 Å². The lowest BCUT2D eigenvalue weighted by Crippen LogP contribution is -2.05. The second-order valence-corrected chi connectivity index (χ2v) is 6.93. The van der Waals surface area contributed by atoms with Crippen molar-refractivity contribution in [2.75, 3.05) is 0 Å². The van der Waals surface area contributed by atoms with E-state index in [1.165, 1.54) is 6.08 Å². The van der Waals surface area contributed by atoms with Gasteiger partial charge in [0.15, 0.2) is 0 Å². The number of hydrogen-bond acceptors (Lipinski definition) is 5. The standard InChI is InChI=1S/C26H20O5/c1-2-3-25(29)30-21-10-12-22(13-11-21)31-26-23(17-4-7-19(27)8-5-17)14-6-18-16-20(28)9-15-24(18)26/h2,4-16,27-28H,1,3H2. The van der Waals surface area contributed by atoms with Crippen molar-refractivity contribution in [1.82, 2.24) is 0 Å². The molecule has 0 fully saturated rings. The van der Waals surface area contributed by atoms with Gasteiger partial charge in [-0.2, -0.15) is 0 Å². The maximum absolute atomic E-state index is 11.6. The summed E-state index contributed by atoms with van der Waals surface area (Å²) in [6.45, 7) is 3.52. The van der Waals surface area contributed by atoms with E-state index in [1.807, 2.05) is 24.3 Å². The number of rotatable bonds is 6. The van der Waals surface area contributed by atoms with Crippen molar-refractivity contribution >= 4 is 16.7 Å². The number of ether oxygens (including phenoxy) is 2. The molecule has 2 N–H and O–H groups in total. The van der Waals surface area contributed by atoms with Crippen LogP contribution in [0.2, 0.25) is 0 Å². The first-order valence-electron chi connectivity index (χ1n) is 9.68. The molecule has 4 rings (SSSR count). The number of benzene rings is 4. The van der Waals surface area contributed by atoms with Gasteiger partial charge in [0.05, 0.1) is 6.42 Å². The fourth-order valence-electron chi connectivity index (χ4n) is 3.25. The van der Waals surface area contributed by atoms with E-state index >= 15 is 0 Å². The molecule has 0 unspecified atom stereocenters. The lowest BCUT2D eigenvalue weighted by molar-refractivity contribution is -0.133. The molecule has 4 aromatic carbocycles. The summed E-state index contributed by atoms with van der Waals surface area (Å²) in [5.41, 5.74) is 1.71. The highest BCUT2D eigenvalue weighted by molar-refractivity contribution is 5.96. The first kappa shape index (κ1) is 20.0. The summed E-state index contributed by atoms with van der Waals surface area (Å²) in [5, 5.41) is 21.1. The van der Waals surface area contributed by atoms with Gasteiger partial charge >= 0.3 is 5.97 Å². The molecule has 0 radical (unpaired) electrons. The minimum Gasteiger partial charge on any atom is -0.508 e. The fraction of sp³-hybridized carbons (Fsp3) is 0.0385. The molecular weight excluding hydrogens is 392 g/mol. The summed E-state index contributed by atoms with van der Waals surface area (Å²) in [4.78, 5) is 11.6. The van der Waals surface area contributed by atoms with E-state index in [-0.39, 0.29) is 23.9 Å². The minimum absolute atomic E-state index is 0.136. The number of hydrogen-bond donors (Lipinski definition) is 2. The van der Waals surface area contributed by atoms with Gasteiger partial charge in [-0.1, -0.05) is 24.3 Å². The zero-order valence-corrected chi connectivity index (χ0v) is 16.6. The van der Waals surface area contributed by atoms with Gasteiger partial charge in [-0.15, -0.1) is 6.58 Å². The normalized spacial score (nSPS) is 10.6. The number of phenols is 2. The van der Waals surface area contributed by atoms with Crippen molar-refractivity contribution in [1.29, 1.82) is 0 Å². The van der Waals surface area contributed by atoms with Gasteiger partial charge in [-0.05, 0) is 71.6 Å². The van der Waals surface area contributed by atoms with Crippen LogP contribution in [0.4, 0.5) is 0 Å². The van der Waals surface area contributed by atoms with E-state index < -0.39 is 0 Å². The van der Waals surface area contributed by atoms with Crippen molar-refractivity contribution in [2.24, 2.45) is 0 Å². The molecule has 0 aliphatic heterocycles. The Kier molecular flexibility index (Phi) is 5.58. The minimum atomic E-state index is -0.382. The number of fused-ring (bicyclic) bond motifs is 1. The number of carbonyl (C=O) groups is 1. The average Bonchev–Trinajstić information content (AvgIpc) is 2.76. The third kappa shape index (κ3) is 4.51. The number of esters is 1. The predicted molar refractivity (Wildman–Crippen MR) is 120 cm³/mol. The van der Waals surface area contributed by atoms with Gasteiger partial charge < -0.3 is 19.7 Å². The van der Waals surface area contributed by atoms with Gasteiger partial charge in [-0.3, -0.25) is 4.79 Å². The molecule has 0 saturated carbocycles. The average molecular weight is 412 g/mol. The number of carbonyl (C=O) groups excluding carboxylic acids is 1. The van der Waals surface area contributed by atoms with Crippen LogP contribution in [0.1, 0.15) is 6.42 Å². The molecule has 154 valence electrons. The Morgan fingerprint density at radius 1 is 0.839 bits per heavy atom. The molecule has 0 saturated heterocycles. The molecule has 0 bridgehead atoms. The Morgan fingerprint density at radius 3 is 2.23 bits per heavy atom. The Balaban J connectivity index is 1.73. The molecule has 5 heteroatoms. The zero-order chi connectivity index (χ0) is 21.8. The molecule has 0 heterocycles. The number of aromatic hydroxyl groups is 2. The monoisotopic (exact) mass is 412 g/mol. The first-order chi connectivity index (χ1) is 15.0. The van der Waals surface area contributed by atoms with Crippen LogP contribution in [0.3, 0.4) is 0 Å². The van der Waals surface area contributed by atoms with Crippen molar-refractivity contribution in [3.8, 4) is 39.9 Å². The summed E-state index contributed by atoms with van der Waals surface area (Å²) < 4.78 is 11.5. The largest absolute Gasteiger partial charge is 0.508 e. The Labute approximate surface area is 179 Å². The highest BCUT2D eigenvalue weighted by Crippen LogP contribution is 2.41. The molecule has 5 nitrogen and oxygen atoms in total. The van der Waals surface area contributed by atoms with E-state index in [9.17, 15) is 15.0 Å². The third-order valence-corrected chi connectivity index (χ3v) is 4.72. The summed E-state index contributed by atoms with van der Waals surface area (Å²) in [6.07, 6.45) is 1.63. The van der Waals surface area contributed by atoms with Crippen LogP contribution < -0.4 is 9.47 Å². The summed E-state index contributed by atoms with van der Waals surface area (Å²) >= 11 is 0. The quantitative estimate of drug-likeness (QED) is 0.224. The second-order valence-electron chi connectivity index (χ2n) is 6.93. The second kappa shape index (κ2) is 8.63. The zero-order valence-electron chi connectivity index (χ0n) is 16.6. The summed E-state index contributed by atoms with van der Waals surface area (Å²) in [6, 6.07) is 22.5. The molecule has 0 amide bonds. The van der Waals surface area contributed by atoms with Gasteiger partial charge in [-0.25, -0.2) is 0 Å². The predicted octanol–water partition coefficient (Wildman–Crippen LogP) is 6.19. The molecule has 0 atom stereocenters. The molecule has 0 aliphatic rings. The Morgan fingerprint density at radius 2 is 1.52 bits per heavy atom. The van der Waals surface area contributed by atoms with Crippen LogP contribution in [0, 0.1) is 0 Å². The van der Waals surface area contributed by atoms with Crippen LogP contribution in [0.5, 0.6) is 28.7 Å². The topological polar surface area (TPSA) is 76.0 Å². The molecule has 31 heavy (non-hydrogen) atoms. The SMILES string of the molecule is C=CCC(=O)Oc1ccc(Oc2c(-c3ccc(O)cc3)ccc3cc(O)ccc23)cc1. The Hall–Kier alpha value is -4.25. The maximum Gasteiger partial charge on any atom is 0.315 e. The van der Waals surface area contributed by atoms with Crippen molar-refractivity contribution in [3.05, 3.63) is 91.5 Å². The lowest BCUT2D eigenvalue weighted by atomic mass is 9.99. The lowest BCUT2D eigenvalue weighted by Gasteiger charge is -2.15. The van der Waals surface area contributed by atoms with Crippen LogP contribution in [0.15, 0.2) is 91.5 Å². The van der Waals surface area contributed by atoms with E-state index in [4.69, 9.17) is 9.47 Å². The van der Waals surface area contributed by atoms with Gasteiger partial charge in [0.25, 0.3) is 0 Å². The van der Waals surface area contributed by atoms with Crippen molar-refractivity contribution < 1.29 is 24.5 Å². The van der Waals surface area contributed by atoms with Gasteiger partial charge in [0, 0.05) is 10.9 Å². The van der Waals surface area contributed by atoms with Crippen LogP contribution in [0.25, 0.3) is 21.9 Å². The third-order valence-electron chi connectivity index (χ3n) is 4.72. The highest BCUT2D eigenvalue weighted by Gasteiger charge is 2.13. The molecular formula is C26H20O5. The summed E-state index contributed by atoms with van der Waals surface area (Å²) in [5.74, 6) is 1.55. The van der Waals surface area contributed by atoms with E-state index in [0.29, 0.717) is 17.2 Å². The van der Waals surface area contributed by atoms with Crippen LogP contribution >= 0.6 is 0 Å². The van der Waals surface area contributed by atoms with E-state index in [0.717, 1.165) is 21.9 Å². The molecule has 0 aliphatic carbocycles. The highest BCUT2D eigenvalue weighted by atomic mass is 16.5. The van der Waals surface area contributed by atoms with Crippen molar-refractivity contribution in [3.63, 3.8) is 0 Å². The molecule has 0 spiro atoms. The van der Waals surface area contributed by atoms with Crippen LogP contribution in [-0.4, -0.2) is 16.2 Å². The maximum atomic E-state index is 11.6. The Bertz CT molecular complexity index is 1240. The first-order valence-corrected chi connectivity index (χ1v) is 9.68. The molecule has 0 aromatic heterocycles. The smallest absolute Gasteiger partial charge is 0.315 e. The molecule has 4 aromatic rings. The fourth-order valence-corrected chi connectivity index (χ4v) is 3.25. The van der Waals surface area contributed by atoms with E-state index in [1.54, 1.807) is 54.6 Å². The number of phenolic OH excluding ortho intramolecular Hbond substituents is 2. The van der Waals surface area contributed by atoms with Gasteiger partial charge in [0.1, 0.15) is 28.7 Å².